The number of carbonyl (C=O) groups is 2. The number of halogens is 1. The quantitative estimate of drug-likeness (QED) is 0.781. The molecule has 5 nitrogen and oxygen atoms in total. The van der Waals surface area contributed by atoms with Gasteiger partial charge in [0, 0.05) is 19.4 Å². The van der Waals surface area contributed by atoms with E-state index in [1.807, 2.05) is 6.92 Å². The van der Waals surface area contributed by atoms with Crippen LogP contribution in [0.4, 0.5) is 4.39 Å². The fourth-order valence-electron chi connectivity index (χ4n) is 2.15. The summed E-state index contributed by atoms with van der Waals surface area (Å²) in [4.78, 5) is 23.1. The number of furan rings is 1. The van der Waals surface area contributed by atoms with Crippen LogP contribution in [0.25, 0.3) is 11.3 Å². The van der Waals surface area contributed by atoms with Gasteiger partial charge in [0.15, 0.2) is 0 Å². The molecule has 24 heavy (non-hydrogen) atoms. The fourth-order valence-corrected chi connectivity index (χ4v) is 2.15. The molecule has 2 aromatic rings. The third kappa shape index (κ3) is 5.22. The molecular formula is C18H21FN2O3. The molecular weight excluding hydrogens is 311 g/mol. The molecule has 1 heterocycles. The minimum absolute atomic E-state index is 0.0303. The van der Waals surface area contributed by atoms with Crippen LogP contribution >= 0.6 is 0 Å². The van der Waals surface area contributed by atoms with Gasteiger partial charge in [-0.2, -0.15) is 0 Å². The normalized spacial score (nSPS) is 10.4. The van der Waals surface area contributed by atoms with Gasteiger partial charge in [-0.1, -0.05) is 19.1 Å². The highest BCUT2D eigenvalue weighted by Gasteiger charge is 2.11. The molecule has 2 N–H and O–H groups in total. The van der Waals surface area contributed by atoms with Crippen LogP contribution < -0.4 is 10.6 Å². The van der Waals surface area contributed by atoms with Gasteiger partial charge in [0.1, 0.15) is 17.3 Å². The Balaban J connectivity index is 1.80. The highest BCUT2D eigenvalue weighted by atomic mass is 19.1. The number of rotatable bonds is 8. The van der Waals surface area contributed by atoms with Gasteiger partial charge in [-0.25, -0.2) is 4.39 Å². The Kier molecular flexibility index (Phi) is 6.54. The van der Waals surface area contributed by atoms with Gasteiger partial charge in [0.2, 0.25) is 11.8 Å². The van der Waals surface area contributed by atoms with Crippen molar-refractivity contribution in [1.29, 1.82) is 0 Å². The summed E-state index contributed by atoms with van der Waals surface area (Å²) in [6.07, 6.45) is 1.44. The lowest BCUT2D eigenvalue weighted by molar-refractivity contribution is -0.126. The van der Waals surface area contributed by atoms with Gasteiger partial charge in [-0.15, -0.1) is 0 Å². The summed E-state index contributed by atoms with van der Waals surface area (Å²) in [6, 6.07) is 9.77. The number of carbonyl (C=O) groups excluding carboxylic acids is 2. The van der Waals surface area contributed by atoms with Crippen LogP contribution in [0.1, 0.15) is 25.5 Å². The average molecular weight is 332 g/mol. The monoisotopic (exact) mass is 332 g/mol. The van der Waals surface area contributed by atoms with Gasteiger partial charge in [0.25, 0.3) is 0 Å². The maximum Gasteiger partial charge on any atom is 0.239 e. The molecule has 0 aliphatic rings. The SMILES string of the molecule is CCCNC(=O)CNC(=O)CCc1ccc(-c2ccccc2F)o1. The molecule has 2 amide bonds. The smallest absolute Gasteiger partial charge is 0.239 e. The molecule has 0 saturated carbocycles. The number of aryl methyl sites for hydroxylation is 1. The predicted octanol–water partition coefficient (Wildman–Crippen LogP) is 2.66. The van der Waals surface area contributed by atoms with E-state index in [1.165, 1.54) is 6.07 Å². The third-order valence-electron chi connectivity index (χ3n) is 3.42. The summed E-state index contributed by atoms with van der Waals surface area (Å²) in [6.45, 7) is 2.52. The molecule has 0 aliphatic heterocycles. The minimum Gasteiger partial charge on any atom is -0.461 e. The molecule has 0 saturated heterocycles. The number of benzene rings is 1. The van der Waals surface area contributed by atoms with Crippen LogP contribution in [0.15, 0.2) is 40.8 Å². The van der Waals surface area contributed by atoms with Crippen molar-refractivity contribution in [2.24, 2.45) is 0 Å². The molecule has 0 fully saturated rings. The molecule has 1 aromatic heterocycles. The van der Waals surface area contributed by atoms with Crippen LogP contribution in [0.2, 0.25) is 0 Å². The minimum atomic E-state index is -0.353. The van der Waals surface area contributed by atoms with Gasteiger partial charge < -0.3 is 15.1 Å². The zero-order valence-corrected chi connectivity index (χ0v) is 13.6. The van der Waals surface area contributed by atoms with Crippen LogP contribution in [-0.4, -0.2) is 24.9 Å². The van der Waals surface area contributed by atoms with E-state index < -0.39 is 0 Å². The molecule has 0 spiro atoms. The molecule has 1 aromatic carbocycles. The first-order valence-corrected chi connectivity index (χ1v) is 7.97. The first kappa shape index (κ1) is 17.7. The van der Waals surface area contributed by atoms with Crippen molar-refractivity contribution >= 4 is 11.8 Å². The van der Waals surface area contributed by atoms with Crippen molar-refractivity contribution in [3.8, 4) is 11.3 Å². The van der Waals surface area contributed by atoms with Crippen molar-refractivity contribution in [1.82, 2.24) is 10.6 Å². The van der Waals surface area contributed by atoms with Gasteiger partial charge in [0.05, 0.1) is 12.1 Å². The van der Waals surface area contributed by atoms with E-state index in [-0.39, 0.29) is 30.6 Å². The molecule has 2 rings (SSSR count). The Morgan fingerprint density at radius 1 is 1.08 bits per heavy atom. The maximum absolute atomic E-state index is 13.7. The topological polar surface area (TPSA) is 71.3 Å². The summed E-state index contributed by atoms with van der Waals surface area (Å²) < 4.78 is 19.3. The van der Waals surface area contributed by atoms with E-state index in [9.17, 15) is 14.0 Å². The Morgan fingerprint density at radius 2 is 1.88 bits per heavy atom. The number of amides is 2. The Morgan fingerprint density at radius 3 is 2.62 bits per heavy atom. The van der Waals surface area contributed by atoms with Gasteiger partial charge in [-0.05, 0) is 30.7 Å². The zero-order chi connectivity index (χ0) is 17.4. The summed E-state index contributed by atoms with van der Waals surface area (Å²) in [7, 11) is 0. The second-order valence-electron chi connectivity index (χ2n) is 5.37. The highest BCUT2D eigenvalue weighted by molar-refractivity contribution is 5.84. The molecule has 6 heteroatoms. The number of hydrogen-bond acceptors (Lipinski definition) is 3. The lowest BCUT2D eigenvalue weighted by Gasteiger charge is -2.05. The Bertz CT molecular complexity index is 697. The number of nitrogens with one attached hydrogen (secondary N) is 2. The molecule has 0 bridgehead atoms. The van der Waals surface area contributed by atoms with Crippen molar-refractivity contribution in [2.75, 3.05) is 13.1 Å². The van der Waals surface area contributed by atoms with Crippen LogP contribution in [0.5, 0.6) is 0 Å². The van der Waals surface area contributed by atoms with Crippen LogP contribution in [-0.2, 0) is 16.0 Å². The molecule has 0 atom stereocenters. The van der Waals surface area contributed by atoms with Crippen molar-refractivity contribution < 1.29 is 18.4 Å². The van der Waals surface area contributed by atoms with Crippen molar-refractivity contribution in [3.05, 3.63) is 48.0 Å². The lowest BCUT2D eigenvalue weighted by atomic mass is 10.1. The van der Waals surface area contributed by atoms with Crippen molar-refractivity contribution in [3.63, 3.8) is 0 Å². The second kappa shape index (κ2) is 8.86. The summed E-state index contributed by atoms with van der Waals surface area (Å²) in [5.74, 6) is 0.242. The lowest BCUT2D eigenvalue weighted by Crippen LogP contribution is -2.37. The van der Waals surface area contributed by atoms with Gasteiger partial charge >= 0.3 is 0 Å². The van der Waals surface area contributed by atoms with E-state index in [4.69, 9.17) is 4.42 Å². The Labute approximate surface area is 140 Å². The summed E-state index contributed by atoms with van der Waals surface area (Å²) >= 11 is 0. The van der Waals surface area contributed by atoms with E-state index in [0.29, 0.717) is 30.0 Å². The van der Waals surface area contributed by atoms with E-state index in [0.717, 1.165) is 6.42 Å². The first-order valence-electron chi connectivity index (χ1n) is 7.97. The van der Waals surface area contributed by atoms with Crippen LogP contribution in [0.3, 0.4) is 0 Å². The average Bonchev–Trinajstić information content (AvgIpc) is 3.05. The highest BCUT2D eigenvalue weighted by Crippen LogP contribution is 2.25. The maximum atomic E-state index is 13.7. The van der Waals surface area contributed by atoms with Crippen molar-refractivity contribution in [2.45, 2.75) is 26.2 Å². The standard InChI is InChI=1S/C18H21FN2O3/c1-2-11-20-18(23)12-21-17(22)10-8-13-7-9-16(24-13)14-5-3-4-6-15(14)19/h3-7,9H,2,8,10-12H2,1H3,(H,20,23)(H,21,22). The predicted molar refractivity (Wildman–Crippen MR) is 88.7 cm³/mol. The zero-order valence-electron chi connectivity index (χ0n) is 13.6. The molecule has 0 unspecified atom stereocenters. The fraction of sp³-hybridized carbons (Fsp3) is 0.333. The largest absolute Gasteiger partial charge is 0.461 e. The van der Waals surface area contributed by atoms with Crippen LogP contribution in [0, 0.1) is 5.82 Å². The van der Waals surface area contributed by atoms with E-state index >= 15 is 0 Å². The first-order chi connectivity index (χ1) is 11.6. The summed E-state index contributed by atoms with van der Waals surface area (Å²) in [5.41, 5.74) is 0.390. The Hall–Kier alpha value is -2.63. The summed E-state index contributed by atoms with van der Waals surface area (Å²) in [5, 5.41) is 5.24. The molecule has 0 aliphatic carbocycles. The third-order valence-corrected chi connectivity index (χ3v) is 3.42. The van der Waals surface area contributed by atoms with E-state index in [1.54, 1.807) is 30.3 Å². The molecule has 128 valence electrons. The van der Waals surface area contributed by atoms with E-state index in [2.05, 4.69) is 10.6 Å². The number of hydrogen-bond donors (Lipinski definition) is 2. The van der Waals surface area contributed by atoms with Gasteiger partial charge in [-0.3, -0.25) is 9.59 Å². The second-order valence-corrected chi connectivity index (χ2v) is 5.37. The molecule has 0 radical (unpaired) electrons.